The lowest BCUT2D eigenvalue weighted by atomic mass is 10.1. The first kappa shape index (κ1) is 12.7. The molecule has 0 aliphatic carbocycles. The van der Waals surface area contributed by atoms with Crippen molar-refractivity contribution in [2.24, 2.45) is 5.73 Å². The molecule has 0 aromatic heterocycles. The van der Waals surface area contributed by atoms with Crippen LogP contribution in [-0.4, -0.2) is 6.04 Å². The van der Waals surface area contributed by atoms with Gasteiger partial charge in [0.05, 0.1) is 0 Å². The van der Waals surface area contributed by atoms with E-state index in [2.05, 4.69) is 13.0 Å². The molecule has 0 amide bonds. The zero-order valence-corrected chi connectivity index (χ0v) is 10.9. The van der Waals surface area contributed by atoms with Crippen molar-refractivity contribution in [3.05, 3.63) is 59.7 Å². The Morgan fingerprint density at radius 2 is 1.72 bits per heavy atom. The van der Waals surface area contributed by atoms with Crippen LogP contribution < -0.4 is 10.5 Å². The van der Waals surface area contributed by atoms with E-state index in [1.165, 1.54) is 5.56 Å². The van der Waals surface area contributed by atoms with Crippen LogP contribution in [0.25, 0.3) is 0 Å². The van der Waals surface area contributed by atoms with E-state index in [9.17, 15) is 0 Å². The predicted molar refractivity (Wildman–Crippen MR) is 75.0 cm³/mol. The highest BCUT2D eigenvalue weighted by atomic mass is 16.5. The van der Waals surface area contributed by atoms with Gasteiger partial charge in [0, 0.05) is 6.04 Å². The molecule has 18 heavy (non-hydrogen) atoms. The van der Waals surface area contributed by atoms with E-state index in [-0.39, 0.29) is 6.04 Å². The van der Waals surface area contributed by atoms with Gasteiger partial charge in [0.1, 0.15) is 11.5 Å². The van der Waals surface area contributed by atoms with Gasteiger partial charge in [-0.3, -0.25) is 0 Å². The number of hydrogen-bond donors (Lipinski definition) is 1. The molecular weight excluding hydrogens is 222 g/mol. The Bertz CT molecular complexity index is 503. The normalized spacial score (nSPS) is 12.2. The molecule has 1 atom stereocenters. The lowest BCUT2D eigenvalue weighted by molar-refractivity contribution is 0.473. The Morgan fingerprint density at radius 3 is 2.39 bits per heavy atom. The van der Waals surface area contributed by atoms with Crippen LogP contribution in [0.1, 0.15) is 18.1 Å². The lowest BCUT2D eigenvalue weighted by Gasteiger charge is -2.12. The van der Waals surface area contributed by atoms with Crippen molar-refractivity contribution in [1.82, 2.24) is 0 Å². The number of ether oxygens (including phenoxy) is 1. The molecule has 0 bridgehead atoms. The Kier molecular flexibility index (Phi) is 4.00. The third-order valence-corrected chi connectivity index (χ3v) is 2.76. The highest BCUT2D eigenvalue weighted by molar-refractivity contribution is 5.38. The van der Waals surface area contributed by atoms with Crippen LogP contribution >= 0.6 is 0 Å². The Labute approximate surface area is 108 Å². The van der Waals surface area contributed by atoms with E-state index in [0.717, 1.165) is 23.5 Å². The highest BCUT2D eigenvalue weighted by Crippen LogP contribution is 2.26. The van der Waals surface area contributed by atoms with Crippen LogP contribution in [0.4, 0.5) is 0 Å². The molecule has 2 aromatic rings. The number of aryl methyl sites for hydroxylation is 1. The van der Waals surface area contributed by atoms with Crippen molar-refractivity contribution in [2.75, 3.05) is 0 Å². The van der Waals surface area contributed by atoms with E-state index in [4.69, 9.17) is 10.5 Å². The standard InChI is InChI=1S/C16H19NO/c1-12-7-9-15(10-8-12)18-16-6-4-3-5-14(16)11-13(2)17/h3-10,13H,11,17H2,1-2H3. The van der Waals surface area contributed by atoms with Gasteiger partial charge < -0.3 is 10.5 Å². The van der Waals surface area contributed by atoms with Gasteiger partial charge >= 0.3 is 0 Å². The molecule has 0 fully saturated rings. The number of rotatable bonds is 4. The van der Waals surface area contributed by atoms with Gasteiger partial charge in [-0.1, -0.05) is 35.9 Å². The van der Waals surface area contributed by atoms with E-state index in [0.29, 0.717) is 0 Å². The molecule has 2 N–H and O–H groups in total. The fourth-order valence-corrected chi connectivity index (χ4v) is 1.85. The number of benzene rings is 2. The minimum atomic E-state index is 0.132. The molecule has 94 valence electrons. The molecule has 0 aliphatic rings. The lowest BCUT2D eigenvalue weighted by Crippen LogP contribution is -2.18. The molecule has 2 heteroatoms. The molecule has 0 aliphatic heterocycles. The summed E-state index contributed by atoms with van der Waals surface area (Å²) in [6, 6.07) is 16.2. The van der Waals surface area contributed by atoms with Gasteiger partial charge in [-0.2, -0.15) is 0 Å². The second-order valence-electron chi connectivity index (χ2n) is 4.70. The maximum Gasteiger partial charge on any atom is 0.130 e. The minimum absolute atomic E-state index is 0.132. The molecule has 0 heterocycles. The molecule has 2 aromatic carbocycles. The van der Waals surface area contributed by atoms with Crippen molar-refractivity contribution < 1.29 is 4.74 Å². The molecule has 0 saturated heterocycles. The van der Waals surface area contributed by atoms with Crippen LogP contribution in [0.3, 0.4) is 0 Å². The van der Waals surface area contributed by atoms with Crippen LogP contribution in [-0.2, 0) is 6.42 Å². The summed E-state index contributed by atoms with van der Waals surface area (Å²) < 4.78 is 5.91. The van der Waals surface area contributed by atoms with Gasteiger partial charge in [-0.15, -0.1) is 0 Å². The number of hydrogen-bond acceptors (Lipinski definition) is 2. The quantitative estimate of drug-likeness (QED) is 0.886. The molecule has 2 nitrogen and oxygen atoms in total. The fraction of sp³-hybridized carbons (Fsp3) is 0.250. The molecule has 1 unspecified atom stereocenters. The first-order chi connectivity index (χ1) is 8.65. The summed E-state index contributed by atoms with van der Waals surface area (Å²) in [5.74, 6) is 1.75. The van der Waals surface area contributed by atoms with Crippen molar-refractivity contribution in [3.8, 4) is 11.5 Å². The summed E-state index contributed by atoms with van der Waals surface area (Å²) >= 11 is 0. The Hall–Kier alpha value is -1.80. The van der Waals surface area contributed by atoms with Crippen molar-refractivity contribution in [3.63, 3.8) is 0 Å². The Balaban J connectivity index is 2.20. The first-order valence-electron chi connectivity index (χ1n) is 6.23. The van der Waals surface area contributed by atoms with E-state index < -0.39 is 0 Å². The van der Waals surface area contributed by atoms with Crippen LogP contribution in [0, 0.1) is 6.92 Å². The minimum Gasteiger partial charge on any atom is -0.457 e. The topological polar surface area (TPSA) is 35.2 Å². The SMILES string of the molecule is Cc1ccc(Oc2ccccc2CC(C)N)cc1. The van der Waals surface area contributed by atoms with Gasteiger partial charge in [-0.05, 0) is 44.0 Å². The molecular formula is C16H19NO. The largest absolute Gasteiger partial charge is 0.457 e. The van der Waals surface area contributed by atoms with E-state index in [1.807, 2.05) is 49.4 Å². The first-order valence-corrected chi connectivity index (χ1v) is 6.23. The molecule has 0 radical (unpaired) electrons. The van der Waals surface area contributed by atoms with Crippen molar-refractivity contribution in [1.29, 1.82) is 0 Å². The maximum absolute atomic E-state index is 5.91. The van der Waals surface area contributed by atoms with Gasteiger partial charge in [0.2, 0.25) is 0 Å². The molecule has 2 rings (SSSR count). The molecule has 0 spiro atoms. The van der Waals surface area contributed by atoms with Gasteiger partial charge in [-0.25, -0.2) is 0 Å². The zero-order chi connectivity index (χ0) is 13.0. The number of para-hydroxylation sites is 1. The highest BCUT2D eigenvalue weighted by Gasteiger charge is 2.06. The number of nitrogens with two attached hydrogens (primary N) is 1. The van der Waals surface area contributed by atoms with Gasteiger partial charge in [0.15, 0.2) is 0 Å². The van der Waals surface area contributed by atoms with Crippen molar-refractivity contribution in [2.45, 2.75) is 26.3 Å². The third kappa shape index (κ3) is 3.34. The average molecular weight is 241 g/mol. The van der Waals surface area contributed by atoms with E-state index >= 15 is 0 Å². The smallest absolute Gasteiger partial charge is 0.130 e. The fourth-order valence-electron chi connectivity index (χ4n) is 1.85. The summed E-state index contributed by atoms with van der Waals surface area (Å²) in [6.07, 6.45) is 0.821. The van der Waals surface area contributed by atoms with Crippen LogP contribution in [0.5, 0.6) is 11.5 Å². The predicted octanol–water partition coefficient (Wildman–Crippen LogP) is 3.68. The summed E-state index contributed by atoms with van der Waals surface area (Å²) in [5, 5.41) is 0. The summed E-state index contributed by atoms with van der Waals surface area (Å²) in [5.41, 5.74) is 8.23. The van der Waals surface area contributed by atoms with Gasteiger partial charge in [0.25, 0.3) is 0 Å². The summed E-state index contributed by atoms with van der Waals surface area (Å²) in [6.45, 7) is 4.07. The Morgan fingerprint density at radius 1 is 1.06 bits per heavy atom. The third-order valence-electron chi connectivity index (χ3n) is 2.76. The summed E-state index contributed by atoms with van der Waals surface area (Å²) in [7, 11) is 0. The maximum atomic E-state index is 5.91. The van der Waals surface area contributed by atoms with E-state index in [1.54, 1.807) is 0 Å². The van der Waals surface area contributed by atoms with Crippen LogP contribution in [0.2, 0.25) is 0 Å². The molecule has 0 saturated carbocycles. The monoisotopic (exact) mass is 241 g/mol. The second kappa shape index (κ2) is 5.69. The van der Waals surface area contributed by atoms with Crippen LogP contribution in [0.15, 0.2) is 48.5 Å². The second-order valence-corrected chi connectivity index (χ2v) is 4.70. The summed E-state index contributed by atoms with van der Waals surface area (Å²) in [4.78, 5) is 0. The zero-order valence-electron chi connectivity index (χ0n) is 10.9. The van der Waals surface area contributed by atoms with Crippen molar-refractivity contribution >= 4 is 0 Å². The average Bonchev–Trinajstić information content (AvgIpc) is 2.34.